The Hall–Kier alpha value is -1.86. The number of carbonyl (C=O) groups excluding carboxylic acids is 2. The first-order valence-corrected chi connectivity index (χ1v) is 13.4. The van der Waals surface area contributed by atoms with E-state index in [1.165, 1.54) is 0 Å². The fraction of sp³-hybridized carbons (Fsp3) is 0.667. The number of hydrogen-bond acceptors (Lipinski definition) is 6. The number of ketones is 2. The Morgan fingerprint density at radius 2 is 1.81 bits per heavy atom. The molecule has 1 aromatic carbocycles. The standard InChI is InChI=1S/C30H40O6/c1-17-19(12-20(31)11-10-18-8-6-5-7-9-18)14-30(35)15-22-21-16-36-23(21)13-24(32)29(22,4)27(34)26(33)25(17)28(30,2)3/h5-9,19,21-24,26,32-33,35H,10-16H2,1-4H3/t19?,21?,22?,23?,24-,26+,29-,30+/m0/s1. The summed E-state index contributed by atoms with van der Waals surface area (Å²) in [5, 5.41) is 35.0. The second-order valence-electron chi connectivity index (χ2n) is 12.5. The first-order chi connectivity index (χ1) is 16.9. The third-order valence-corrected chi connectivity index (χ3v) is 10.5. The van der Waals surface area contributed by atoms with Crippen molar-refractivity contribution in [2.24, 2.45) is 28.6 Å². The lowest BCUT2D eigenvalue weighted by Gasteiger charge is -2.62. The van der Waals surface area contributed by atoms with Gasteiger partial charge < -0.3 is 20.1 Å². The maximum absolute atomic E-state index is 13.9. The molecule has 2 bridgehead atoms. The van der Waals surface area contributed by atoms with Gasteiger partial charge in [0.1, 0.15) is 11.9 Å². The number of allylic oxidation sites excluding steroid dienone is 1. The average Bonchev–Trinajstić information content (AvgIpc) is 2.81. The maximum Gasteiger partial charge on any atom is 0.174 e. The summed E-state index contributed by atoms with van der Waals surface area (Å²) < 4.78 is 5.71. The molecular weight excluding hydrogens is 456 g/mol. The quantitative estimate of drug-likeness (QED) is 0.540. The molecule has 3 N–H and O–H groups in total. The summed E-state index contributed by atoms with van der Waals surface area (Å²) in [5.41, 5.74) is -0.755. The fourth-order valence-electron chi connectivity index (χ4n) is 7.82. The number of aryl methyl sites for hydroxylation is 1. The van der Waals surface area contributed by atoms with Crippen LogP contribution in [0, 0.1) is 28.6 Å². The third kappa shape index (κ3) is 3.75. The Morgan fingerprint density at radius 3 is 2.44 bits per heavy atom. The van der Waals surface area contributed by atoms with E-state index in [0.29, 0.717) is 44.3 Å². The number of Topliss-reactive ketones (excluding diaryl/α,β-unsaturated/α-hetero) is 2. The second-order valence-corrected chi connectivity index (χ2v) is 12.5. The van der Waals surface area contributed by atoms with Crippen LogP contribution in [-0.4, -0.2) is 57.4 Å². The van der Waals surface area contributed by atoms with E-state index in [1.807, 2.05) is 51.1 Å². The Morgan fingerprint density at radius 1 is 1.11 bits per heavy atom. The molecule has 0 radical (unpaired) electrons. The summed E-state index contributed by atoms with van der Waals surface area (Å²) in [6.45, 7) is 7.98. The van der Waals surface area contributed by atoms with Crippen molar-refractivity contribution in [3.05, 3.63) is 47.0 Å². The zero-order valence-corrected chi connectivity index (χ0v) is 21.9. The zero-order valence-electron chi connectivity index (χ0n) is 21.9. The zero-order chi connectivity index (χ0) is 26.0. The molecule has 1 heterocycles. The van der Waals surface area contributed by atoms with E-state index >= 15 is 0 Å². The van der Waals surface area contributed by atoms with Crippen molar-refractivity contribution in [1.29, 1.82) is 0 Å². The molecule has 1 aromatic rings. The minimum Gasteiger partial charge on any atom is -0.392 e. The summed E-state index contributed by atoms with van der Waals surface area (Å²) in [6, 6.07) is 9.91. The molecule has 196 valence electrons. The topological polar surface area (TPSA) is 104 Å². The van der Waals surface area contributed by atoms with E-state index in [9.17, 15) is 24.9 Å². The number of ether oxygens (including phenoxy) is 1. The molecule has 3 fully saturated rings. The van der Waals surface area contributed by atoms with E-state index in [1.54, 1.807) is 6.92 Å². The minimum atomic E-state index is -1.42. The van der Waals surface area contributed by atoms with Crippen LogP contribution in [0.5, 0.6) is 0 Å². The Kier molecular flexibility index (Phi) is 6.35. The lowest BCUT2D eigenvalue weighted by Crippen LogP contribution is -2.68. The minimum absolute atomic E-state index is 0.0638. The predicted molar refractivity (Wildman–Crippen MR) is 135 cm³/mol. The first kappa shape index (κ1) is 25.8. The third-order valence-electron chi connectivity index (χ3n) is 10.5. The van der Waals surface area contributed by atoms with Crippen LogP contribution in [0.25, 0.3) is 0 Å². The molecular formula is C30H40O6. The van der Waals surface area contributed by atoms with Crippen LogP contribution in [0.3, 0.4) is 0 Å². The highest BCUT2D eigenvalue weighted by atomic mass is 16.5. The molecule has 8 atom stereocenters. The average molecular weight is 497 g/mol. The van der Waals surface area contributed by atoms with Gasteiger partial charge in [-0.25, -0.2) is 0 Å². The maximum atomic E-state index is 13.9. The Bertz CT molecular complexity index is 1080. The van der Waals surface area contributed by atoms with Crippen LogP contribution in [0.15, 0.2) is 41.5 Å². The predicted octanol–water partition coefficient (Wildman–Crippen LogP) is 3.41. The number of fused-ring (bicyclic) bond motifs is 5. The monoisotopic (exact) mass is 496 g/mol. The van der Waals surface area contributed by atoms with Crippen LogP contribution in [0.1, 0.15) is 65.4 Å². The Balaban J connectivity index is 1.48. The van der Waals surface area contributed by atoms with Gasteiger partial charge >= 0.3 is 0 Å². The largest absolute Gasteiger partial charge is 0.392 e. The fourth-order valence-corrected chi connectivity index (χ4v) is 7.82. The first-order valence-electron chi connectivity index (χ1n) is 13.4. The van der Waals surface area contributed by atoms with Crippen molar-refractivity contribution < 1.29 is 29.6 Å². The van der Waals surface area contributed by atoms with Crippen molar-refractivity contribution in [3.63, 3.8) is 0 Å². The lowest BCUT2D eigenvalue weighted by atomic mass is 9.46. The number of aliphatic hydroxyl groups is 3. The molecule has 0 aromatic heterocycles. The van der Waals surface area contributed by atoms with Gasteiger partial charge in [0.25, 0.3) is 0 Å². The molecule has 4 unspecified atom stereocenters. The summed E-state index contributed by atoms with van der Waals surface area (Å²) in [4.78, 5) is 27.0. The molecule has 2 saturated carbocycles. The van der Waals surface area contributed by atoms with Gasteiger partial charge in [0.15, 0.2) is 5.78 Å². The lowest BCUT2D eigenvalue weighted by molar-refractivity contribution is -0.242. The molecule has 4 aliphatic rings. The molecule has 1 aliphatic heterocycles. The van der Waals surface area contributed by atoms with E-state index in [2.05, 4.69) is 0 Å². The van der Waals surface area contributed by atoms with Gasteiger partial charge in [-0.15, -0.1) is 0 Å². The van der Waals surface area contributed by atoms with E-state index in [4.69, 9.17) is 4.74 Å². The second kappa shape index (κ2) is 8.87. The molecule has 0 spiro atoms. The SMILES string of the molecule is CC1=C2[C@@H](O)C(=O)[C@@]3(C)C(C[C@](O)(CC1CC(=O)CCc1ccccc1)C2(C)C)C1COC1C[C@@H]3O. The number of hydrogen-bond donors (Lipinski definition) is 3. The van der Waals surface area contributed by atoms with Gasteiger partial charge in [-0.2, -0.15) is 0 Å². The highest BCUT2D eigenvalue weighted by Crippen LogP contribution is 2.62. The summed E-state index contributed by atoms with van der Waals surface area (Å²) in [6.07, 6.45) is -0.0150. The van der Waals surface area contributed by atoms with Gasteiger partial charge in [-0.1, -0.05) is 49.8 Å². The summed E-state index contributed by atoms with van der Waals surface area (Å²) >= 11 is 0. The van der Waals surface area contributed by atoms with Gasteiger partial charge in [0, 0.05) is 30.6 Å². The number of carbonyl (C=O) groups is 2. The number of aliphatic hydroxyl groups excluding tert-OH is 2. The van der Waals surface area contributed by atoms with Crippen molar-refractivity contribution >= 4 is 11.6 Å². The summed E-state index contributed by atoms with van der Waals surface area (Å²) in [5.74, 6) is -0.733. The molecule has 0 amide bonds. The number of benzene rings is 1. The van der Waals surface area contributed by atoms with Gasteiger partial charge in [-0.3, -0.25) is 9.59 Å². The van der Waals surface area contributed by atoms with Crippen LogP contribution in [-0.2, 0) is 20.7 Å². The van der Waals surface area contributed by atoms with Crippen molar-refractivity contribution in [1.82, 2.24) is 0 Å². The normalized spacial score (nSPS) is 41.5. The highest BCUT2D eigenvalue weighted by Gasteiger charge is 2.66. The molecule has 5 rings (SSSR count). The van der Waals surface area contributed by atoms with E-state index in [0.717, 1.165) is 11.1 Å². The molecule has 36 heavy (non-hydrogen) atoms. The van der Waals surface area contributed by atoms with Crippen LogP contribution >= 0.6 is 0 Å². The van der Waals surface area contributed by atoms with Crippen LogP contribution in [0.2, 0.25) is 0 Å². The van der Waals surface area contributed by atoms with Crippen molar-refractivity contribution in [2.45, 2.75) is 90.1 Å². The van der Waals surface area contributed by atoms with Gasteiger partial charge in [0.2, 0.25) is 0 Å². The highest BCUT2D eigenvalue weighted by molar-refractivity contribution is 5.93. The van der Waals surface area contributed by atoms with Crippen LogP contribution < -0.4 is 0 Å². The van der Waals surface area contributed by atoms with Crippen molar-refractivity contribution in [3.8, 4) is 0 Å². The van der Waals surface area contributed by atoms with E-state index < -0.39 is 28.6 Å². The smallest absolute Gasteiger partial charge is 0.174 e. The molecule has 6 heteroatoms. The molecule has 3 aliphatic carbocycles. The van der Waals surface area contributed by atoms with Crippen LogP contribution in [0.4, 0.5) is 0 Å². The summed E-state index contributed by atoms with van der Waals surface area (Å²) in [7, 11) is 0. The van der Waals surface area contributed by atoms with Gasteiger partial charge in [0.05, 0.1) is 29.8 Å². The Labute approximate surface area is 213 Å². The molecule has 1 saturated heterocycles. The van der Waals surface area contributed by atoms with Crippen molar-refractivity contribution in [2.75, 3.05) is 6.61 Å². The molecule has 6 nitrogen and oxygen atoms in total. The van der Waals surface area contributed by atoms with E-state index in [-0.39, 0.29) is 41.8 Å². The van der Waals surface area contributed by atoms with Gasteiger partial charge in [-0.05, 0) is 56.1 Å². The number of rotatable bonds is 5.